The van der Waals surface area contributed by atoms with Gasteiger partial charge in [0.1, 0.15) is 0 Å². The van der Waals surface area contributed by atoms with Crippen molar-refractivity contribution in [3.8, 4) is 17.2 Å². The van der Waals surface area contributed by atoms with Crippen molar-refractivity contribution in [2.24, 2.45) is 17.8 Å². The minimum absolute atomic E-state index is 0.264. The average molecular weight is 406 g/mol. The molecule has 5 heteroatoms. The van der Waals surface area contributed by atoms with E-state index in [2.05, 4.69) is 41.8 Å². The smallest absolute Gasteiger partial charge is 0.0998 e. The SMILES string of the molecule is CCC1CCC2C(C(C)NS2=O)[C@H]1/C=C/c1ccc(-c2ccccc2C#N)cn1. The van der Waals surface area contributed by atoms with E-state index in [9.17, 15) is 9.47 Å². The van der Waals surface area contributed by atoms with Crippen LogP contribution in [0.5, 0.6) is 0 Å². The number of pyridine rings is 1. The minimum atomic E-state index is -0.909. The average Bonchev–Trinajstić information content (AvgIpc) is 3.06. The Balaban J connectivity index is 1.56. The number of nitrogens with one attached hydrogen (secondary N) is 1. The summed E-state index contributed by atoms with van der Waals surface area (Å²) in [5, 5.41) is 9.58. The Morgan fingerprint density at radius 3 is 2.83 bits per heavy atom. The number of nitrogens with zero attached hydrogens (tertiary/aromatic N) is 2. The summed E-state index contributed by atoms with van der Waals surface area (Å²) in [6.45, 7) is 4.43. The monoisotopic (exact) mass is 405 g/mol. The summed E-state index contributed by atoms with van der Waals surface area (Å²) >= 11 is 0. The molecule has 6 atom stereocenters. The second-order valence-electron chi connectivity index (χ2n) is 8.13. The Kier molecular flexibility index (Phi) is 5.94. The molecule has 4 nitrogen and oxygen atoms in total. The van der Waals surface area contributed by atoms with Crippen LogP contribution in [0.3, 0.4) is 0 Å². The highest BCUT2D eigenvalue weighted by molar-refractivity contribution is 7.84. The molecule has 0 bridgehead atoms. The zero-order chi connectivity index (χ0) is 20.4. The molecule has 5 unspecified atom stereocenters. The summed E-state index contributed by atoms with van der Waals surface area (Å²) < 4.78 is 15.7. The van der Waals surface area contributed by atoms with Gasteiger partial charge in [0.2, 0.25) is 0 Å². The van der Waals surface area contributed by atoms with E-state index in [-0.39, 0.29) is 11.3 Å². The molecule has 1 N–H and O–H groups in total. The summed E-state index contributed by atoms with van der Waals surface area (Å²) in [6.07, 6.45) is 9.61. The lowest BCUT2D eigenvalue weighted by molar-refractivity contribution is 0.183. The predicted molar refractivity (Wildman–Crippen MR) is 118 cm³/mol. The highest BCUT2D eigenvalue weighted by Gasteiger charge is 2.47. The van der Waals surface area contributed by atoms with Crippen LogP contribution >= 0.6 is 0 Å². The number of hydrogen-bond acceptors (Lipinski definition) is 3. The van der Waals surface area contributed by atoms with Crippen molar-refractivity contribution in [2.75, 3.05) is 0 Å². The van der Waals surface area contributed by atoms with Crippen LogP contribution in [0.4, 0.5) is 0 Å². The van der Waals surface area contributed by atoms with Gasteiger partial charge in [-0.3, -0.25) is 4.98 Å². The van der Waals surface area contributed by atoms with E-state index < -0.39 is 11.0 Å². The van der Waals surface area contributed by atoms with Gasteiger partial charge in [0.15, 0.2) is 0 Å². The van der Waals surface area contributed by atoms with Gasteiger partial charge >= 0.3 is 0 Å². The van der Waals surface area contributed by atoms with Crippen molar-refractivity contribution in [3.63, 3.8) is 0 Å². The third-order valence-electron chi connectivity index (χ3n) is 6.55. The van der Waals surface area contributed by atoms with E-state index in [1.165, 1.54) is 0 Å². The molecule has 1 aliphatic carbocycles. The summed E-state index contributed by atoms with van der Waals surface area (Å²) in [7, 11) is -0.909. The number of allylic oxidation sites excluding steroid dienone is 1. The number of hydrogen-bond donors (Lipinski definition) is 1. The lowest BCUT2D eigenvalue weighted by atomic mass is 9.68. The van der Waals surface area contributed by atoms with Gasteiger partial charge in [0, 0.05) is 23.4 Å². The molecule has 0 amide bonds. The second-order valence-corrected chi connectivity index (χ2v) is 9.57. The number of aromatic nitrogens is 1. The van der Waals surface area contributed by atoms with Gasteiger partial charge in [-0.2, -0.15) is 5.26 Å². The zero-order valence-corrected chi connectivity index (χ0v) is 17.7. The van der Waals surface area contributed by atoms with Gasteiger partial charge in [-0.1, -0.05) is 43.7 Å². The molecule has 150 valence electrons. The van der Waals surface area contributed by atoms with Crippen molar-refractivity contribution in [2.45, 2.75) is 44.4 Å². The van der Waals surface area contributed by atoms with Crippen LogP contribution in [0.15, 0.2) is 48.7 Å². The molecule has 1 saturated carbocycles. The molecule has 1 aliphatic heterocycles. The molecule has 0 spiro atoms. The van der Waals surface area contributed by atoms with Gasteiger partial charge in [-0.15, -0.1) is 0 Å². The van der Waals surface area contributed by atoms with Crippen LogP contribution in [0.1, 0.15) is 44.4 Å². The van der Waals surface area contributed by atoms with Crippen LogP contribution < -0.4 is 4.72 Å². The van der Waals surface area contributed by atoms with E-state index in [4.69, 9.17) is 0 Å². The van der Waals surface area contributed by atoms with Crippen LogP contribution in [0, 0.1) is 29.1 Å². The largest absolute Gasteiger partial charge is 0.256 e. The summed E-state index contributed by atoms with van der Waals surface area (Å²) in [6, 6.07) is 14.2. The molecule has 1 aromatic heterocycles. The first-order valence-corrected chi connectivity index (χ1v) is 11.6. The molecule has 1 saturated heterocycles. The molecule has 2 aliphatic rings. The van der Waals surface area contributed by atoms with Crippen molar-refractivity contribution in [1.29, 1.82) is 5.26 Å². The third-order valence-corrected chi connectivity index (χ3v) is 8.26. The maximum atomic E-state index is 12.4. The molecule has 0 radical (unpaired) electrons. The molecule has 4 rings (SSSR count). The molecule has 2 aromatic rings. The second kappa shape index (κ2) is 8.61. The van der Waals surface area contributed by atoms with Crippen LogP contribution in [-0.2, 0) is 11.0 Å². The minimum Gasteiger partial charge on any atom is -0.256 e. The first kappa shape index (κ1) is 20.0. The maximum Gasteiger partial charge on any atom is 0.0998 e. The van der Waals surface area contributed by atoms with Gasteiger partial charge < -0.3 is 0 Å². The van der Waals surface area contributed by atoms with Crippen molar-refractivity contribution in [1.82, 2.24) is 9.71 Å². The van der Waals surface area contributed by atoms with Crippen molar-refractivity contribution < 1.29 is 4.21 Å². The van der Waals surface area contributed by atoms with E-state index in [0.29, 0.717) is 23.3 Å². The highest BCUT2D eigenvalue weighted by atomic mass is 32.2. The Morgan fingerprint density at radius 2 is 2.10 bits per heavy atom. The number of nitriles is 1. The van der Waals surface area contributed by atoms with E-state index in [1.54, 1.807) is 0 Å². The van der Waals surface area contributed by atoms with Crippen LogP contribution in [0.25, 0.3) is 17.2 Å². The number of rotatable bonds is 4. The fourth-order valence-electron chi connectivity index (χ4n) is 5.05. The van der Waals surface area contributed by atoms with E-state index in [1.807, 2.05) is 42.6 Å². The standard InChI is InChI=1S/C24H27N3OS/c1-3-17-9-13-23-24(16(2)27-29(23)28)22(17)12-11-20-10-8-19(15-26-20)21-7-5-4-6-18(21)14-25/h4-8,10-12,15-17,22-24,27H,3,9,13H2,1-2H3/b12-11+/t16?,17?,22-,23?,24?,29?/m0/s1. The Hall–Kier alpha value is -2.29. The summed E-state index contributed by atoms with van der Waals surface area (Å²) in [5.41, 5.74) is 3.44. The maximum absolute atomic E-state index is 12.4. The summed E-state index contributed by atoms with van der Waals surface area (Å²) in [4.78, 5) is 4.61. The molecule has 2 fully saturated rings. The normalized spacial score (nSPS) is 31.5. The fraction of sp³-hybridized carbons (Fsp3) is 0.417. The van der Waals surface area contributed by atoms with Gasteiger partial charge in [0.05, 0.1) is 33.6 Å². The Morgan fingerprint density at radius 1 is 1.28 bits per heavy atom. The third kappa shape index (κ3) is 3.92. The molecule has 29 heavy (non-hydrogen) atoms. The topological polar surface area (TPSA) is 65.8 Å². The lowest BCUT2D eigenvalue weighted by Crippen LogP contribution is -2.39. The highest BCUT2D eigenvalue weighted by Crippen LogP contribution is 2.44. The molecule has 1 aromatic carbocycles. The number of fused-ring (bicyclic) bond motifs is 1. The molecular weight excluding hydrogens is 378 g/mol. The van der Waals surface area contributed by atoms with Crippen molar-refractivity contribution >= 4 is 17.1 Å². The van der Waals surface area contributed by atoms with E-state index in [0.717, 1.165) is 36.1 Å². The summed E-state index contributed by atoms with van der Waals surface area (Å²) in [5.74, 6) is 1.48. The van der Waals surface area contributed by atoms with Gasteiger partial charge in [-0.25, -0.2) is 8.93 Å². The fourth-order valence-corrected chi connectivity index (χ4v) is 6.80. The van der Waals surface area contributed by atoms with Crippen LogP contribution in [0.2, 0.25) is 0 Å². The molecular formula is C24H27N3OS. The van der Waals surface area contributed by atoms with Crippen LogP contribution in [-0.4, -0.2) is 20.5 Å². The van der Waals surface area contributed by atoms with Gasteiger partial charge in [-0.05, 0) is 55.7 Å². The van der Waals surface area contributed by atoms with Crippen molar-refractivity contribution in [3.05, 3.63) is 59.9 Å². The van der Waals surface area contributed by atoms with Gasteiger partial charge in [0.25, 0.3) is 0 Å². The lowest BCUT2D eigenvalue weighted by Gasteiger charge is -2.38. The first-order chi connectivity index (χ1) is 14.1. The number of benzene rings is 1. The first-order valence-electron chi connectivity index (χ1n) is 10.4. The molecule has 2 heterocycles. The Bertz CT molecular complexity index is 963. The Labute approximate surface area is 175 Å². The zero-order valence-electron chi connectivity index (χ0n) is 16.9. The predicted octanol–water partition coefficient (Wildman–Crippen LogP) is 4.71. The quantitative estimate of drug-likeness (QED) is 0.801. The van der Waals surface area contributed by atoms with E-state index >= 15 is 0 Å².